The number of carboxylic acids is 3. The van der Waals surface area contributed by atoms with Gasteiger partial charge < -0.3 is 19.8 Å². The summed E-state index contributed by atoms with van der Waals surface area (Å²) in [4.78, 5) is 34.6. The van der Waals surface area contributed by atoms with Crippen LogP contribution in [0.3, 0.4) is 0 Å². The molecule has 0 rings (SSSR count). The van der Waals surface area contributed by atoms with Gasteiger partial charge in [0.1, 0.15) is 0 Å². The highest BCUT2D eigenvalue weighted by molar-refractivity contribution is 5.70. The summed E-state index contributed by atoms with van der Waals surface area (Å²) >= 11 is 0. The van der Waals surface area contributed by atoms with Crippen LogP contribution in [0.4, 0.5) is 0 Å². The minimum Gasteiger partial charge on any atom is -0.481 e. The average Bonchev–Trinajstić information content (AvgIpc) is 3.01. The molecule has 0 aromatic rings. The molecule has 0 aromatic heterocycles. The molecule has 0 saturated carbocycles. The largest absolute Gasteiger partial charge is 0.481 e. The Kier molecular flexibility index (Phi) is 27.2. The number of carbonyl (C=O) groups is 3. The third-order valence-corrected chi connectivity index (χ3v) is 9.77. The molecule has 0 aliphatic heterocycles. The lowest BCUT2D eigenvalue weighted by Crippen LogP contribution is -2.52. The molecule has 0 aliphatic rings. The molecule has 0 radical (unpaired) electrons. The maximum absolute atomic E-state index is 11.5. The smallest absolute Gasteiger partial charge is 0.306 e. The Bertz CT molecular complexity index is 722. The van der Waals surface area contributed by atoms with Gasteiger partial charge >= 0.3 is 17.9 Å². The van der Waals surface area contributed by atoms with Crippen molar-refractivity contribution in [2.75, 3.05) is 26.2 Å². The standard InChI is InChI=1S/C38H71NO6/c1-5-6-7-8-9-10-11-12-13-14-15-16-17-18-19-20-21-22-23-24-25-29-39(30-26-33(2)36(40)41,31-27-34(3)37(42)43)32-28-35(4)38(44)45/h8-9,33-35H,5-7,10-32H2,1-4H3,(H2-,40,41,42,43,44,45)/p+1/b9-8+. The second kappa shape index (κ2) is 28.3. The minimum absolute atomic E-state index is 0.478. The third kappa shape index (κ3) is 24.9. The van der Waals surface area contributed by atoms with Crippen LogP contribution in [0.15, 0.2) is 12.2 Å². The lowest BCUT2D eigenvalue weighted by molar-refractivity contribution is -0.929. The van der Waals surface area contributed by atoms with E-state index in [9.17, 15) is 29.7 Å². The van der Waals surface area contributed by atoms with Gasteiger partial charge in [-0.25, -0.2) is 0 Å². The molecule has 45 heavy (non-hydrogen) atoms. The maximum Gasteiger partial charge on any atom is 0.306 e. The number of hydrogen-bond donors (Lipinski definition) is 3. The van der Waals surface area contributed by atoms with E-state index in [0.29, 0.717) is 43.4 Å². The molecule has 3 N–H and O–H groups in total. The quantitative estimate of drug-likeness (QED) is 0.0375. The van der Waals surface area contributed by atoms with E-state index in [-0.39, 0.29) is 0 Å². The number of allylic oxidation sites excluding steroid dienone is 2. The summed E-state index contributed by atoms with van der Waals surface area (Å²) in [5, 5.41) is 28.4. The molecule has 0 saturated heterocycles. The first-order valence-electron chi connectivity index (χ1n) is 18.7. The van der Waals surface area contributed by atoms with Crippen LogP contribution in [0, 0.1) is 17.8 Å². The zero-order chi connectivity index (χ0) is 33.8. The molecular formula is C38H72NO6+. The van der Waals surface area contributed by atoms with E-state index >= 15 is 0 Å². The molecule has 0 aliphatic carbocycles. The summed E-state index contributed by atoms with van der Waals surface area (Å²) in [6.45, 7) is 10.2. The maximum atomic E-state index is 11.5. The number of quaternary nitrogens is 1. The molecule has 7 nitrogen and oxygen atoms in total. The fraction of sp³-hybridized carbons (Fsp3) is 0.868. The summed E-state index contributed by atoms with van der Waals surface area (Å²) in [6.07, 6.45) is 30.7. The van der Waals surface area contributed by atoms with E-state index in [4.69, 9.17) is 0 Å². The lowest BCUT2D eigenvalue weighted by atomic mass is 10.0. The summed E-state index contributed by atoms with van der Waals surface area (Å²) < 4.78 is 0.614. The molecule has 3 atom stereocenters. The van der Waals surface area contributed by atoms with E-state index in [2.05, 4.69) is 19.1 Å². The van der Waals surface area contributed by atoms with Crippen molar-refractivity contribution in [3.05, 3.63) is 12.2 Å². The molecule has 3 unspecified atom stereocenters. The van der Waals surface area contributed by atoms with Crippen LogP contribution in [-0.2, 0) is 14.4 Å². The molecule has 0 spiro atoms. The first kappa shape index (κ1) is 43.1. The van der Waals surface area contributed by atoms with Crippen molar-refractivity contribution < 1.29 is 34.2 Å². The second-order valence-electron chi connectivity index (χ2n) is 14.0. The highest BCUT2D eigenvalue weighted by atomic mass is 16.4. The van der Waals surface area contributed by atoms with Crippen molar-refractivity contribution in [1.29, 1.82) is 0 Å². The van der Waals surface area contributed by atoms with Crippen LogP contribution in [0.2, 0.25) is 0 Å². The lowest BCUT2D eigenvalue weighted by Gasteiger charge is -2.40. The van der Waals surface area contributed by atoms with Crippen LogP contribution >= 0.6 is 0 Å². The number of nitrogens with zero attached hydrogens (tertiary/aromatic N) is 1. The Morgan fingerprint density at radius 2 is 0.756 bits per heavy atom. The molecule has 264 valence electrons. The number of carboxylic acid groups (broad SMARTS) is 3. The van der Waals surface area contributed by atoms with Gasteiger partial charge in [0, 0.05) is 19.3 Å². The number of unbranched alkanes of at least 4 members (excludes halogenated alkanes) is 17. The first-order valence-corrected chi connectivity index (χ1v) is 18.7. The van der Waals surface area contributed by atoms with Crippen LogP contribution in [-0.4, -0.2) is 63.9 Å². The van der Waals surface area contributed by atoms with Gasteiger partial charge in [0.05, 0.1) is 43.9 Å². The first-order chi connectivity index (χ1) is 21.5. The van der Waals surface area contributed by atoms with Gasteiger partial charge in [-0.15, -0.1) is 0 Å². The normalized spacial score (nSPS) is 15.1. The van der Waals surface area contributed by atoms with Crippen LogP contribution in [0.5, 0.6) is 0 Å². The summed E-state index contributed by atoms with van der Waals surface area (Å²) in [5.41, 5.74) is 0. The Hall–Kier alpha value is -1.89. The summed E-state index contributed by atoms with van der Waals surface area (Å²) in [5.74, 6) is -3.90. The van der Waals surface area contributed by atoms with E-state index in [1.54, 1.807) is 20.8 Å². The van der Waals surface area contributed by atoms with Crippen molar-refractivity contribution in [1.82, 2.24) is 0 Å². The zero-order valence-corrected chi connectivity index (χ0v) is 29.8. The van der Waals surface area contributed by atoms with Gasteiger partial charge in [-0.2, -0.15) is 0 Å². The van der Waals surface area contributed by atoms with Gasteiger partial charge in [0.25, 0.3) is 0 Å². The Morgan fingerprint density at radius 3 is 1.07 bits per heavy atom. The average molecular weight is 639 g/mol. The van der Waals surface area contributed by atoms with Crippen LogP contribution in [0.1, 0.15) is 169 Å². The number of hydrogen-bond acceptors (Lipinski definition) is 3. The van der Waals surface area contributed by atoms with Crippen molar-refractivity contribution in [3.8, 4) is 0 Å². The Labute approximate surface area is 276 Å². The fourth-order valence-electron chi connectivity index (χ4n) is 6.01. The molecule has 0 amide bonds. The highest BCUT2D eigenvalue weighted by Gasteiger charge is 2.31. The highest BCUT2D eigenvalue weighted by Crippen LogP contribution is 2.22. The predicted octanol–water partition coefficient (Wildman–Crippen LogP) is 10.1. The monoisotopic (exact) mass is 639 g/mol. The molecule has 0 fully saturated rings. The van der Waals surface area contributed by atoms with Crippen LogP contribution < -0.4 is 0 Å². The van der Waals surface area contributed by atoms with Crippen molar-refractivity contribution in [3.63, 3.8) is 0 Å². The summed E-state index contributed by atoms with van der Waals surface area (Å²) in [6, 6.07) is 0. The summed E-state index contributed by atoms with van der Waals surface area (Å²) in [7, 11) is 0. The van der Waals surface area contributed by atoms with Crippen LogP contribution in [0.25, 0.3) is 0 Å². The third-order valence-electron chi connectivity index (χ3n) is 9.77. The van der Waals surface area contributed by atoms with Gasteiger partial charge in [0.2, 0.25) is 0 Å². The van der Waals surface area contributed by atoms with Gasteiger partial charge in [-0.1, -0.05) is 130 Å². The SMILES string of the molecule is CCCC/C=C/CCCCCCCCCCCCCCCCC[N+](CCC(C)C(=O)O)(CCC(C)C(=O)O)CCC(C)C(=O)O. The van der Waals surface area contributed by atoms with Crippen molar-refractivity contribution in [2.45, 2.75) is 169 Å². The molecular weight excluding hydrogens is 566 g/mol. The Morgan fingerprint density at radius 1 is 0.467 bits per heavy atom. The van der Waals surface area contributed by atoms with Crippen molar-refractivity contribution in [2.24, 2.45) is 17.8 Å². The molecule has 0 heterocycles. The molecule has 0 aromatic carbocycles. The van der Waals surface area contributed by atoms with Gasteiger partial charge in [-0.3, -0.25) is 14.4 Å². The van der Waals surface area contributed by atoms with Crippen molar-refractivity contribution >= 4 is 17.9 Å². The van der Waals surface area contributed by atoms with Gasteiger partial charge in [-0.05, 0) is 32.1 Å². The number of aliphatic carboxylic acids is 3. The minimum atomic E-state index is -0.821. The molecule has 0 bridgehead atoms. The topological polar surface area (TPSA) is 112 Å². The Balaban J connectivity index is 4.32. The predicted molar refractivity (Wildman–Crippen MR) is 187 cm³/mol. The molecule has 7 heteroatoms. The van der Waals surface area contributed by atoms with E-state index in [1.165, 1.54) is 109 Å². The van der Waals surface area contributed by atoms with Gasteiger partial charge in [0.15, 0.2) is 0 Å². The van der Waals surface area contributed by atoms with E-state index < -0.39 is 35.7 Å². The second-order valence-corrected chi connectivity index (χ2v) is 14.0. The van der Waals surface area contributed by atoms with E-state index in [1.807, 2.05) is 0 Å². The van der Waals surface area contributed by atoms with E-state index in [0.717, 1.165) is 19.4 Å². The number of rotatable bonds is 33. The fourth-order valence-corrected chi connectivity index (χ4v) is 6.01. The zero-order valence-electron chi connectivity index (χ0n) is 29.8.